The van der Waals surface area contributed by atoms with Gasteiger partial charge in [0.25, 0.3) is 40.5 Å². The summed E-state index contributed by atoms with van der Waals surface area (Å²) in [5, 5.41) is 1.97. The summed E-state index contributed by atoms with van der Waals surface area (Å²) in [5.74, 6) is 0. The van der Waals surface area contributed by atoms with Gasteiger partial charge in [0.15, 0.2) is 0 Å². The van der Waals surface area contributed by atoms with Gasteiger partial charge in [-0.25, -0.2) is 0 Å². The van der Waals surface area contributed by atoms with E-state index in [9.17, 15) is 51.9 Å². The molecule has 0 heterocycles. The highest BCUT2D eigenvalue weighted by Crippen LogP contribution is 2.45. The van der Waals surface area contributed by atoms with Gasteiger partial charge in [-0.3, -0.25) is 18.2 Å². The van der Waals surface area contributed by atoms with Crippen LogP contribution < -0.4 is 45.8 Å². The second-order valence-electron chi connectivity index (χ2n) is 12.4. The van der Waals surface area contributed by atoms with Gasteiger partial charge in [0.1, 0.15) is 0 Å². The summed E-state index contributed by atoms with van der Waals surface area (Å²) in [6, 6.07) is 37.6. The minimum Gasteiger partial charge on any atom is -0.344 e. The summed E-state index contributed by atoms with van der Waals surface area (Å²) in [6.07, 6.45) is 0.483. The predicted octanol–water partition coefficient (Wildman–Crippen LogP) is 6.25. The van der Waals surface area contributed by atoms with Gasteiger partial charge in [-0.05, 0) is 108 Å². The molecule has 6 rings (SSSR count). The van der Waals surface area contributed by atoms with E-state index in [2.05, 4.69) is 0 Å². The fourth-order valence-corrected chi connectivity index (χ4v) is 13.4. The second kappa shape index (κ2) is 20.5. The van der Waals surface area contributed by atoms with Crippen molar-refractivity contribution in [3.05, 3.63) is 157 Å². The second-order valence-corrected chi connectivity index (χ2v) is 22.5. The summed E-state index contributed by atoms with van der Waals surface area (Å²) in [5.41, 5.74) is 3.04. The quantitative estimate of drug-likeness (QED) is 0.0468. The van der Waals surface area contributed by atoms with Gasteiger partial charge < -0.3 is 24.6 Å². The van der Waals surface area contributed by atoms with Gasteiger partial charge in [0.05, 0.1) is 19.6 Å². The van der Waals surface area contributed by atoms with E-state index < -0.39 is 56.3 Å². The topological polar surface area (TPSA) is 357 Å². The van der Waals surface area contributed by atoms with Crippen LogP contribution in [0.15, 0.2) is 165 Å². The SMILES string of the molecule is N.N.N.N.O=S(=O)(O)c1cccc(P(Cc2ccccc2-c2ccccc2CP(c2cccc(S(=O)(=O)O)c2)c2cccc(S(=O)(=O)O)c2)c2cccc(S(=O)(=O)O)c2)c1. The number of hydrogen-bond donors (Lipinski definition) is 8. The Bertz CT molecular complexity index is 2570. The van der Waals surface area contributed by atoms with Crippen LogP contribution in [0.4, 0.5) is 0 Å². The zero-order valence-corrected chi connectivity index (χ0v) is 36.7. The largest absolute Gasteiger partial charge is 0.344 e. The molecule has 6 aromatic rings. The molecule has 0 aliphatic heterocycles. The van der Waals surface area contributed by atoms with Crippen molar-refractivity contribution in [2.45, 2.75) is 31.9 Å². The number of benzene rings is 6. The van der Waals surface area contributed by atoms with Crippen LogP contribution in [0.2, 0.25) is 0 Å². The lowest BCUT2D eigenvalue weighted by molar-refractivity contribution is 0.481. The van der Waals surface area contributed by atoms with Crippen LogP contribution in [0, 0.1) is 0 Å². The highest BCUT2D eigenvalue weighted by atomic mass is 32.2. The summed E-state index contributed by atoms with van der Waals surface area (Å²) in [4.78, 5) is -1.40. The van der Waals surface area contributed by atoms with Crippen molar-refractivity contribution in [2.24, 2.45) is 0 Å². The van der Waals surface area contributed by atoms with E-state index in [1.165, 1.54) is 72.8 Å². The van der Waals surface area contributed by atoms with E-state index in [4.69, 9.17) is 0 Å². The Morgan fingerprint density at radius 2 is 0.567 bits per heavy atom. The van der Waals surface area contributed by atoms with Gasteiger partial charge >= 0.3 is 0 Å². The zero-order chi connectivity index (χ0) is 40.5. The molecule has 60 heavy (non-hydrogen) atoms. The smallest absolute Gasteiger partial charge is 0.294 e. The van der Waals surface area contributed by atoms with E-state index in [0.29, 0.717) is 21.2 Å². The van der Waals surface area contributed by atoms with Crippen LogP contribution in [0.3, 0.4) is 0 Å². The van der Waals surface area contributed by atoms with Crippen LogP contribution in [0.1, 0.15) is 11.1 Å². The third-order valence-corrected chi connectivity index (χ3v) is 17.0. The molecule has 0 spiro atoms. The lowest BCUT2D eigenvalue weighted by Gasteiger charge is -2.24. The van der Waals surface area contributed by atoms with Crippen molar-refractivity contribution in [1.29, 1.82) is 0 Å². The monoisotopic (exact) mass is 938 g/mol. The van der Waals surface area contributed by atoms with Crippen molar-refractivity contribution >= 4 is 77.5 Å². The lowest BCUT2D eigenvalue weighted by atomic mass is 9.97. The third kappa shape index (κ3) is 12.4. The maximum absolute atomic E-state index is 12.2. The maximum Gasteiger partial charge on any atom is 0.294 e. The molecule has 0 atom stereocenters. The van der Waals surface area contributed by atoms with E-state index in [1.54, 1.807) is 24.3 Å². The van der Waals surface area contributed by atoms with E-state index in [0.717, 1.165) is 22.3 Å². The normalized spacial score (nSPS) is 11.8. The third-order valence-electron chi connectivity index (χ3n) is 8.69. The molecule has 0 unspecified atom stereocenters. The molecule has 0 aromatic heterocycles. The number of rotatable bonds is 13. The summed E-state index contributed by atoms with van der Waals surface area (Å²) in [6.45, 7) is 0. The van der Waals surface area contributed by atoms with E-state index in [1.807, 2.05) is 48.5 Å². The van der Waals surface area contributed by atoms with Gasteiger partial charge in [-0.1, -0.05) is 97.1 Å². The van der Waals surface area contributed by atoms with Crippen molar-refractivity contribution < 1.29 is 51.9 Å². The molecule has 322 valence electrons. The minimum absolute atomic E-state index is 0. The Balaban J connectivity index is 0.00000310. The summed E-state index contributed by atoms with van der Waals surface area (Å²) in [7, 11) is -21.6. The van der Waals surface area contributed by atoms with E-state index in [-0.39, 0.29) is 56.5 Å². The molecule has 0 saturated carbocycles. The van der Waals surface area contributed by atoms with Crippen LogP contribution in [0.5, 0.6) is 0 Å². The highest BCUT2D eigenvalue weighted by molar-refractivity contribution is 7.86. The Morgan fingerprint density at radius 1 is 0.333 bits per heavy atom. The van der Waals surface area contributed by atoms with Gasteiger partial charge in [-0.2, -0.15) is 33.7 Å². The van der Waals surface area contributed by atoms with Crippen molar-refractivity contribution in [3.63, 3.8) is 0 Å². The Labute approximate surface area is 352 Å². The first-order chi connectivity index (χ1) is 26.3. The first-order valence-electron chi connectivity index (χ1n) is 16.3. The van der Waals surface area contributed by atoms with Gasteiger partial charge in [0, 0.05) is 12.3 Å². The van der Waals surface area contributed by atoms with Crippen LogP contribution in [-0.2, 0) is 52.8 Å². The first kappa shape index (κ1) is 51.8. The zero-order valence-electron chi connectivity index (χ0n) is 31.7. The first-order valence-corrected chi connectivity index (χ1v) is 25.1. The minimum atomic E-state index is -4.60. The van der Waals surface area contributed by atoms with Gasteiger partial charge in [0.2, 0.25) is 0 Å². The predicted molar refractivity (Wildman–Crippen MR) is 237 cm³/mol. The average Bonchev–Trinajstić information content (AvgIpc) is 3.15. The Hall–Kier alpha value is -4.34. The molecular formula is C38H44N4O12P2S4. The fourth-order valence-electron chi connectivity index (χ4n) is 6.09. The Morgan fingerprint density at radius 3 is 0.800 bits per heavy atom. The summed E-state index contributed by atoms with van der Waals surface area (Å²) < 4.78 is 137. The Kier molecular flexibility index (Phi) is 17.7. The van der Waals surface area contributed by atoms with Crippen LogP contribution >= 0.6 is 15.8 Å². The molecule has 0 aliphatic carbocycles. The van der Waals surface area contributed by atoms with Crippen LogP contribution in [-0.4, -0.2) is 51.9 Å². The molecule has 0 aliphatic rings. The molecule has 0 fully saturated rings. The van der Waals surface area contributed by atoms with Crippen molar-refractivity contribution in [3.8, 4) is 11.1 Å². The lowest BCUT2D eigenvalue weighted by Crippen LogP contribution is -2.17. The molecule has 0 bridgehead atoms. The summed E-state index contributed by atoms with van der Waals surface area (Å²) >= 11 is 0. The molecule has 6 aromatic carbocycles. The maximum atomic E-state index is 12.2. The molecular weight excluding hydrogens is 895 g/mol. The molecule has 0 saturated heterocycles. The molecule has 0 amide bonds. The van der Waals surface area contributed by atoms with Crippen molar-refractivity contribution in [2.75, 3.05) is 0 Å². The van der Waals surface area contributed by atoms with E-state index >= 15 is 0 Å². The molecule has 0 radical (unpaired) electrons. The fraction of sp³-hybridized carbons (Fsp3) is 0.0526. The van der Waals surface area contributed by atoms with Gasteiger partial charge in [-0.15, -0.1) is 0 Å². The standard InChI is InChI=1S/C38H32O12P2S4.4H3N/c39-53(40,41)33-15-5-11-29(21-33)51(30-12-6-16-34(22-30)54(42,43)44)25-27-9-1-3-19-37(27)38-20-4-2-10-28(38)26-52(31-13-7-17-35(23-31)55(45,46)47)32-14-8-18-36(24-32)56(48,49)50;;;;/h1-24H,25-26H2,(H,39,40,41)(H,42,43,44)(H,45,46,47)(H,48,49,50);4*1H3. The van der Waals surface area contributed by atoms with Crippen molar-refractivity contribution in [1.82, 2.24) is 24.6 Å². The highest BCUT2D eigenvalue weighted by Gasteiger charge is 2.25. The average molecular weight is 939 g/mol. The molecule has 22 heteroatoms. The molecule has 16 N–H and O–H groups in total. The number of hydrogen-bond acceptors (Lipinski definition) is 12. The molecule has 16 nitrogen and oxygen atoms in total. The van der Waals surface area contributed by atoms with Crippen LogP contribution in [0.25, 0.3) is 11.1 Å².